The van der Waals surface area contributed by atoms with Crippen molar-refractivity contribution >= 4 is 46.5 Å². The highest BCUT2D eigenvalue weighted by Gasteiger charge is 2.38. The predicted molar refractivity (Wildman–Crippen MR) is 130 cm³/mol. The molecule has 0 fully saturated rings. The molecule has 0 aliphatic carbocycles. The second kappa shape index (κ2) is 14.0. The van der Waals surface area contributed by atoms with Gasteiger partial charge in [0, 0.05) is 24.3 Å². The number of halogens is 4. The van der Waals surface area contributed by atoms with Crippen LogP contribution >= 0.6 is 11.6 Å². The lowest BCUT2D eigenvalue weighted by molar-refractivity contribution is -0.192. The van der Waals surface area contributed by atoms with Gasteiger partial charge < -0.3 is 24.6 Å². The number of ether oxygens (including phenoxy) is 3. The number of hydrogen-bond donors (Lipinski definition) is 3. The first-order valence-corrected chi connectivity index (χ1v) is 11.3. The molecule has 3 aromatic rings. The third-order valence-corrected chi connectivity index (χ3v) is 5.27. The van der Waals surface area contributed by atoms with Crippen LogP contribution in [-0.4, -0.2) is 58.6 Å². The highest BCUT2D eigenvalue weighted by atomic mass is 35.5. The van der Waals surface area contributed by atoms with Gasteiger partial charge in [0.2, 0.25) is 0 Å². The number of aliphatic carboxylic acids is 1. The first-order valence-electron chi connectivity index (χ1n) is 10.9. The fourth-order valence-corrected chi connectivity index (χ4v) is 3.45. The van der Waals surface area contributed by atoms with E-state index >= 15 is 0 Å². The number of rotatable bonds is 8. The van der Waals surface area contributed by atoms with Crippen LogP contribution in [0, 0.1) is 0 Å². The number of benzene rings is 2. The van der Waals surface area contributed by atoms with Crippen molar-refractivity contribution in [1.82, 2.24) is 15.5 Å². The monoisotopic (exact) mass is 573 g/mol. The standard InChI is InChI=1S/C22H22ClN3O6.C2HF3O2/c1-13(27)31-12-17-15(8-18(23)20-16(17)10-24-26-20)9-19(21(28)30-2)25-22(29)32-11-14-6-4-3-5-7-14;3-2(4,5)1(6)7/h3-8,10,19H,9,11-12H2,1-2H3,(H,24,26)(H,25,29);(H,6,7)/t19-;/m1./s1. The summed E-state index contributed by atoms with van der Waals surface area (Å²) >= 11 is 6.35. The molecule has 1 atom stereocenters. The molecule has 39 heavy (non-hydrogen) atoms. The summed E-state index contributed by atoms with van der Waals surface area (Å²) in [4.78, 5) is 45.0. The summed E-state index contributed by atoms with van der Waals surface area (Å²) in [5.41, 5.74) is 2.58. The molecule has 2 aromatic carbocycles. The molecule has 0 saturated heterocycles. The van der Waals surface area contributed by atoms with E-state index in [-0.39, 0.29) is 19.6 Å². The summed E-state index contributed by atoms with van der Waals surface area (Å²) < 4.78 is 47.0. The molecule has 0 radical (unpaired) electrons. The molecule has 1 amide bonds. The zero-order valence-corrected chi connectivity index (χ0v) is 21.3. The molecule has 3 rings (SSSR count). The van der Waals surface area contributed by atoms with Crippen LogP contribution in [-0.2, 0) is 48.2 Å². The number of hydrogen-bond acceptors (Lipinski definition) is 8. The number of alkyl halides is 3. The zero-order chi connectivity index (χ0) is 29.2. The van der Waals surface area contributed by atoms with E-state index in [2.05, 4.69) is 15.5 Å². The van der Waals surface area contributed by atoms with Gasteiger partial charge in [0.1, 0.15) is 19.3 Å². The van der Waals surface area contributed by atoms with Crippen LogP contribution in [0.1, 0.15) is 23.6 Å². The number of carbonyl (C=O) groups excluding carboxylic acids is 3. The maximum absolute atomic E-state index is 12.4. The van der Waals surface area contributed by atoms with E-state index < -0.39 is 36.2 Å². The first kappa shape index (κ1) is 30.9. The predicted octanol–water partition coefficient (Wildman–Crippen LogP) is 3.92. The van der Waals surface area contributed by atoms with Gasteiger partial charge in [0.25, 0.3) is 0 Å². The van der Waals surface area contributed by atoms with Gasteiger partial charge in [-0.15, -0.1) is 0 Å². The van der Waals surface area contributed by atoms with Crippen molar-refractivity contribution in [2.75, 3.05) is 7.11 Å². The number of H-pyrrole nitrogens is 1. The van der Waals surface area contributed by atoms with E-state index in [9.17, 15) is 27.6 Å². The van der Waals surface area contributed by atoms with Crippen LogP contribution in [0.2, 0.25) is 5.02 Å². The summed E-state index contributed by atoms with van der Waals surface area (Å²) in [6, 6.07) is 9.71. The number of amides is 1. The smallest absolute Gasteiger partial charge is 0.475 e. The number of alkyl carbamates (subject to hydrolysis) is 1. The van der Waals surface area contributed by atoms with Gasteiger partial charge in [-0.2, -0.15) is 18.3 Å². The van der Waals surface area contributed by atoms with Crippen molar-refractivity contribution in [1.29, 1.82) is 0 Å². The number of carboxylic acid groups (broad SMARTS) is 1. The molecule has 0 spiro atoms. The summed E-state index contributed by atoms with van der Waals surface area (Å²) in [5, 5.41) is 17.5. The van der Waals surface area contributed by atoms with Crippen molar-refractivity contribution < 1.29 is 51.7 Å². The maximum atomic E-state index is 12.4. The Morgan fingerprint density at radius 2 is 1.77 bits per heavy atom. The van der Waals surface area contributed by atoms with Crippen LogP contribution in [0.3, 0.4) is 0 Å². The Hall–Kier alpha value is -4.33. The SMILES string of the molecule is COC(=O)[C@@H](Cc1cc(Cl)c2[nH]ncc2c1COC(C)=O)NC(=O)OCc1ccccc1.O=C(O)C(F)(F)F. The van der Waals surface area contributed by atoms with E-state index in [1.165, 1.54) is 14.0 Å². The van der Waals surface area contributed by atoms with E-state index in [0.29, 0.717) is 27.1 Å². The lowest BCUT2D eigenvalue weighted by atomic mass is 9.97. The molecule has 210 valence electrons. The number of aromatic amines is 1. The average molecular weight is 574 g/mol. The molecular formula is C24H23ClF3N3O8. The number of carbonyl (C=O) groups is 4. The quantitative estimate of drug-likeness (QED) is 0.268. The minimum atomic E-state index is -5.08. The van der Waals surface area contributed by atoms with Crippen molar-refractivity contribution in [3.8, 4) is 0 Å². The maximum Gasteiger partial charge on any atom is 0.490 e. The minimum Gasteiger partial charge on any atom is -0.475 e. The molecule has 1 heterocycles. The van der Waals surface area contributed by atoms with Crippen molar-refractivity contribution in [2.24, 2.45) is 0 Å². The number of carboxylic acids is 1. The van der Waals surface area contributed by atoms with Crippen LogP contribution < -0.4 is 5.32 Å². The largest absolute Gasteiger partial charge is 0.490 e. The van der Waals surface area contributed by atoms with E-state index in [1.54, 1.807) is 12.3 Å². The number of nitrogens with zero attached hydrogens (tertiary/aromatic N) is 1. The summed E-state index contributed by atoms with van der Waals surface area (Å²) in [6.45, 7) is 1.29. The van der Waals surface area contributed by atoms with Crippen LogP contribution in [0.4, 0.5) is 18.0 Å². The average Bonchev–Trinajstić information content (AvgIpc) is 3.37. The second-order valence-corrected chi connectivity index (χ2v) is 8.13. The molecule has 0 aliphatic rings. The van der Waals surface area contributed by atoms with E-state index in [0.717, 1.165) is 5.56 Å². The third-order valence-electron chi connectivity index (χ3n) is 4.97. The number of fused-ring (bicyclic) bond motifs is 1. The van der Waals surface area contributed by atoms with Crippen LogP contribution in [0.15, 0.2) is 42.6 Å². The molecule has 0 saturated carbocycles. The van der Waals surface area contributed by atoms with Crippen LogP contribution in [0.25, 0.3) is 10.9 Å². The molecule has 11 nitrogen and oxygen atoms in total. The molecule has 0 aliphatic heterocycles. The lowest BCUT2D eigenvalue weighted by Crippen LogP contribution is -2.43. The van der Waals surface area contributed by atoms with Gasteiger partial charge >= 0.3 is 30.2 Å². The fourth-order valence-electron chi connectivity index (χ4n) is 3.17. The number of aromatic nitrogens is 2. The van der Waals surface area contributed by atoms with Gasteiger partial charge in [-0.05, 0) is 17.2 Å². The Balaban J connectivity index is 0.000000673. The Morgan fingerprint density at radius 1 is 1.13 bits per heavy atom. The minimum absolute atomic E-state index is 0.0323. The number of nitrogens with one attached hydrogen (secondary N) is 2. The van der Waals surface area contributed by atoms with E-state index in [4.69, 9.17) is 35.7 Å². The zero-order valence-electron chi connectivity index (χ0n) is 20.5. The topological polar surface area (TPSA) is 157 Å². The summed E-state index contributed by atoms with van der Waals surface area (Å²) in [7, 11) is 1.22. The van der Waals surface area contributed by atoms with Gasteiger partial charge in [-0.25, -0.2) is 14.4 Å². The molecule has 3 N–H and O–H groups in total. The van der Waals surface area contributed by atoms with Crippen molar-refractivity contribution in [2.45, 2.75) is 38.8 Å². The highest BCUT2D eigenvalue weighted by Crippen LogP contribution is 2.30. The molecule has 1 aromatic heterocycles. The summed E-state index contributed by atoms with van der Waals surface area (Å²) in [6.07, 6.45) is -4.27. The van der Waals surface area contributed by atoms with Gasteiger partial charge in [0.05, 0.1) is 23.8 Å². The third kappa shape index (κ3) is 9.48. The molecule has 15 heteroatoms. The second-order valence-electron chi connectivity index (χ2n) is 7.72. The number of esters is 2. The Morgan fingerprint density at radius 3 is 2.33 bits per heavy atom. The fraction of sp³-hybridized carbons (Fsp3) is 0.292. The Bertz CT molecular complexity index is 1320. The van der Waals surface area contributed by atoms with Gasteiger partial charge in [-0.3, -0.25) is 9.89 Å². The van der Waals surface area contributed by atoms with Crippen LogP contribution in [0.5, 0.6) is 0 Å². The highest BCUT2D eigenvalue weighted by molar-refractivity contribution is 6.35. The first-order chi connectivity index (χ1) is 18.3. The number of methoxy groups -OCH3 is 1. The van der Waals surface area contributed by atoms with Crippen molar-refractivity contribution in [3.63, 3.8) is 0 Å². The normalized spacial score (nSPS) is 11.5. The van der Waals surface area contributed by atoms with E-state index in [1.807, 2.05) is 30.3 Å². The molecule has 0 unspecified atom stereocenters. The molecule has 0 bridgehead atoms. The Labute approximate surface area is 224 Å². The Kier molecular flexibility index (Phi) is 11.1. The molecular weight excluding hydrogens is 551 g/mol. The van der Waals surface area contributed by atoms with Crippen molar-refractivity contribution in [3.05, 3.63) is 64.3 Å². The van der Waals surface area contributed by atoms with Gasteiger partial charge in [0.15, 0.2) is 0 Å². The lowest BCUT2D eigenvalue weighted by Gasteiger charge is -2.19. The van der Waals surface area contributed by atoms with Gasteiger partial charge in [-0.1, -0.05) is 41.9 Å². The summed E-state index contributed by atoms with van der Waals surface area (Å²) in [5.74, 6) is -3.88.